The van der Waals surface area contributed by atoms with Crippen molar-refractivity contribution >= 4 is 35.0 Å². The summed E-state index contributed by atoms with van der Waals surface area (Å²) < 4.78 is 2.01. The van der Waals surface area contributed by atoms with Crippen LogP contribution in [0.4, 0.5) is 0 Å². The van der Waals surface area contributed by atoms with Crippen LogP contribution in [0.3, 0.4) is 0 Å². The fourth-order valence-corrected chi connectivity index (χ4v) is 3.64. The van der Waals surface area contributed by atoms with Gasteiger partial charge in [-0.25, -0.2) is 0 Å². The Morgan fingerprint density at radius 1 is 1.17 bits per heavy atom. The van der Waals surface area contributed by atoms with Gasteiger partial charge in [-0.1, -0.05) is 37.0 Å². The van der Waals surface area contributed by atoms with Crippen LogP contribution in [0.2, 0.25) is 10.0 Å². The predicted molar refractivity (Wildman–Crippen MR) is 116 cm³/mol. The number of aryl methyl sites for hydroxylation is 1. The van der Waals surface area contributed by atoms with E-state index >= 15 is 0 Å². The van der Waals surface area contributed by atoms with Crippen LogP contribution in [0.15, 0.2) is 36.5 Å². The fraction of sp³-hybridized carbons (Fsp3) is 0.455. The van der Waals surface area contributed by atoms with Gasteiger partial charge >= 0.3 is 0 Å². The van der Waals surface area contributed by atoms with E-state index in [1.807, 2.05) is 34.8 Å². The van der Waals surface area contributed by atoms with Crippen LogP contribution in [0.1, 0.15) is 42.7 Å². The summed E-state index contributed by atoms with van der Waals surface area (Å²) in [5.41, 5.74) is 1.52. The van der Waals surface area contributed by atoms with Crippen molar-refractivity contribution in [3.63, 3.8) is 0 Å². The maximum Gasteiger partial charge on any atom is 0.254 e. The zero-order valence-corrected chi connectivity index (χ0v) is 18.6. The van der Waals surface area contributed by atoms with Crippen molar-refractivity contribution in [1.82, 2.24) is 14.4 Å². The molecular formula is C22H27Cl2N3O2. The van der Waals surface area contributed by atoms with E-state index in [2.05, 4.69) is 13.8 Å². The van der Waals surface area contributed by atoms with Crippen LogP contribution in [-0.2, 0) is 18.4 Å². The molecule has 0 bridgehead atoms. The minimum Gasteiger partial charge on any atom is -0.353 e. The molecule has 5 nitrogen and oxygen atoms in total. The average Bonchev–Trinajstić information content (AvgIpc) is 3.43. The largest absolute Gasteiger partial charge is 0.353 e. The van der Waals surface area contributed by atoms with E-state index in [4.69, 9.17) is 23.2 Å². The molecule has 3 rings (SSSR count). The average molecular weight is 436 g/mol. The molecular weight excluding hydrogens is 409 g/mol. The Bertz CT molecular complexity index is 890. The minimum atomic E-state index is -0.178. The highest BCUT2D eigenvalue weighted by Crippen LogP contribution is 2.30. The van der Waals surface area contributed by atoms with Crippen molar-refractivity contribution in [2.24, 2.45) is 13.0 Å². The highest BCUT2D eigenvalue weighted by Gasteiger charge is 2.35. The summed E-state index contributed by atoms with van der Waals surface area (Å²) >= 11 is 12.1. The number of amides is 2. The Kier molecular flexibility index (Phi) is 6.91. The standard InChI is InChI=1S/C22H27Cl2N3O2/c1-15(2)12-26(13-18-5-4-10-25(18)3)21(28)14-27(17-7-8-17)22(29)16-6-9-19(23)20(24)11-16/h4-6,9-11,15,17H,7-8,12-14H2,1-3H3. The molecule has 156 valence electrons. The van der Waals surface area contributed by atoms with E-state index in [1.54, 1.807) is 23.1 Å². The van der Waals surface area contributed by atoms with E-state index in [0.29, 0.717) is 34.6 Å². The van der Waals surface area contributed by atoms with Gasteiger partial charge in [0.05, 0.1) is 16.6 Å². The lowest BCUT2D eigenvalue weighted by Crippen LogP contribution is -2.45. The first-order chi connectivity index (χ1) is 13.8. The number of hydrogen-bond donors (Lipinski definition) is 0. The maximum atomic E-state index is 13.2. The monoisotopic (exact) mass is 435 g/mol. The highest BCUT2D eigenvalue weighted by molar-refractivity contribution is 6.42. The number of carbonyl (C=O) groups excluding carboxylic acids is 2. The summed E-state index contributed by atoms with van der Waals surface area (Å²) in [7, 11) is 1.97. The van der Waals surface area contributed by atoms with Gasteiger partial charge in [-0.05, 0) is 49.1 Å². The predicted octanol–water partition coefficient (Wildman–Crippen LogP) is 4.62. The molecule has 1 aliphatic rings. The number of hydrogen-bond acceptors (Lipinski definition) is 2. The second-order valence-corrected chi connectivity index (χ2v) is 8.89. The van der Waals surface area contributed by atoms with Gasteiger partial charge in [0.25, 0.3) is 5.91 Å². The third-order valence-corrected chi connectivity index (χ3v) is 5.80. The van der Waals surface area contributed by atoms with E-state index < -0.39 is 0 Å². The van der Waals surface area contributed by atoms with E-state index in [9.17, 15) is 9.59 Å². The van der Waals surface area contributed by atoms with Crippen LogP contribution in [0, 0.1) is 5.92 Å². The smallest absolute Gasteiger partial charge is 0.254 e. The summed E-state index contributed by atoms with van der Waals surface area (Å²) in [4.78, 5) is 29.8. The Labute approximate surface area is 182 Å². The molecule has 7 heteroatoms. The Morgan fingerprint density at radius 2 is 1.90 bits per heavy atom. The van der Waals surface area contributed by atoms with Gasteiger partial charge in [-0.2, -0.15) is 0 Å². The minimum absolute atomic E-state index is 0.0415. The summed E-state index contributed by atoms with van der Waals surface area (Å²) in [5.74, 6) is 0.113. The van der Waals surface area contributed by atoms with Gasteiger partial charge in [-0.3, -0.25) is 9.59 Å². The second kappa shape index (κ2) is 9.23. The molecule has 0 saturated heterocycles. The van der Waals surface area contributed by atoms with Crippen LogP contribution in [0.5, 0.6) is 0 Å². The first kappa shape index (κ1) is 21.7. The Hall–Kier alpha value is -1.98. The maximum absolute atomic E-state index is 13.2. The van der Waals surface area contributed by atoms with Crippen LogP contribution in [0.25, 0.3) is 0 Å². The molecule has 1 aromatic carbocycles. The summed E-state index contributed by atoms with van der Waals surface area (Å²) in [6.07, 6.45) is 3.81. The van der Waals surface area contributed by atoms with E-state index in [1.165, 1.54) is 0 Å². The zero-order chi connectivity index (χ0) is 21.1. The first-order valence-electron chi connectivity index (χ1n) is 9.90. The SMILES string of the molecule is CC(C)CN(Cc1cccn1C)C(=O)CN(C(=O)c1ccc(Cl)c(Cl)c1)C1CC1. The highest BCUT2D eigenvalue weighted by atomic mass is 35.5. The lowest BCUT2D eigenvalue weighted by molar-refractivity contribution is -0.133. The number of halogens is 2. The lowest BCUT2D eigenvalue weighted by Gasteiger charge is -2.29. The molecule has 0 spiro atoms. The van der Waals surface area contributed by atoms with Gasteiger partial charge in [0, 0.05) is 37.1 Å². The quantitative estimate of drug-likeness (QED) is 0.606. The Balaban J connectivity index is 1.76. The number of rotatable bonds is 8. The summed E-state index contributed by atoms with van der Waals surface area (Å²) in [6.45, 7) is 5.42. The molecule has 1 fully saturated rings. The van der Waals surface area contributed by atoms with Crippen molar-refractivity contribution in [3.05, 3.63) is 57.8 Å². The van der Waals surface area contributed by atoms with Gasteiger partial charge < -0.3 is 14.4 Å². The normalized spacial score (nSPS) is 13.6. The zero-order valence-electron chi connectivity index (χ0n) is 17.1. The lowest BCUT2D eigenvalue weighted by atomic mass is 10.1. The van der Waals surface area contributed by atoms with Crippen LogP contribution in [-0.4, -0.2) is 45.3 Å². The molecule has 2 amide bonds. The topological polar surface area (TPSA) is 45.6 Å². The third-order valence-electron chi connectivity index (χ3n) is 5.06. The molecule has 1 heterocycles. The van der Waals surface area contributed by atoms with Crippen molar-refractivity contribution in [1.29, 1.82) is 0 Å². The van der Waals surface area contributed by atoms with Crippen molar-refractivity contribution < 1.29 is 9.59 Å². The molecule has 0 aliphatic heterocycles. The summed E-state index contributed by atoms with van der Waals surface area (Å²) in [6, 6.07) is 8.94. The summed E-state index contributed by atoms with van der Waals surface area (Å²) in [5, 5.41) is 0.743. The molecule has 2 aromatic rings. The van der Waals surface area contributed by atoms with Gasteiger partial charge in [-0.15, -0.1) is 0 Å². The van der Waals surface area contributed by atoms with Gasteiger partial charge in [0.15, 0.2) is 0 Å². The van der Waals surface area contributed by atoms with Crippen molar-refractivity contribution in [3.8, 4) is 0 Å². The third kappa shape index (κ3) is 5.55. The van der Waals surface area contributed by atoms with Crippen LogP contribution >= 0.6 is 23.2 Å². The first-order valence-corrected chi connectivity index (χ1v) is 10.7. The van der Waals surface area contributed by atoms with E-state index in [0.717, 1.165) is 18.5 Å². The fourth-order valence-electron chi connectivity index (χ4n) is 3.35. The van der Waals surface area contributed by atoms with Crippen molar-refractivity contribution in [2.45, 2.75) is 39.3 Å². The van der Waals surface area contributed by atoms with Crippen LogP contribution < -0.4 is 0 Å². The molecule has 0 N–H and O–H groups in total. The number of aromatic nitrogens is 1. The molecule has 0 radical (unpaired) electrons. The number of carbonyl (C=O) groups is 2. The molecule has 1 aromatic heterocycles. The molecule has 1 aliphatic carbocycles. The number of benzene rings is 1. The number of nitrogens with zero attached hydrogens (tertiary/aromatic N) is 3. The molecule has 0 unspecified atom stereocenters. The van der Waals surface area contributed by atoms with Gasteiger partial charge in [0.2, 0.25) is 5.91 Å². The van der Waals surface area contributed by atoms with E-state index in [-0.39, 0.29) is 24.4 Å². The van der Waals surface area contributed by atoms with Gasteiger partial charge in [0.1, 0.15) is 6.54 Å². The Morgan fingerprint density at radius 3 is 2.45 bits per heavy atom. The molecule has 0 atom stereocenters. The molecule has 29 heavy (non-hydrogen) atoms. The second-order valence-electron chi connectivity index (χ2n) is 8.07. The van der Waals surface area contributed by atoms with Crippen molar-refractivity contribution in [2.75, 3.05) is 13.1 Å². The molecule has 1 saturated carbocycles.